The number of aromatic nitrogens is 4. The monoisotopic (exact) mass is 602 g/mol. The molecule has 4 aliphatic rings. The Hall–Kier alpha value is -3.63. The fourth-order valence-electron chi connectivity index (χ4n) is 9.48. The van der Waals surface area contributed by atoms with Gasteiger partial charge in [-0.1, -0.05) is 19.4 Å². The molecule has 2 heterocycles. The van der Waals surface area contributed by atoms with Crippen molar-refractivity contribution in [3.63, 3.8) is 0 Å². The van der Waals surface area contributed by atoms with Gasteiger partial charge in [0.15, 0.2) is 5.78 Å². The second kappa shape index (κ2) is 10.2. The largest absolute Gasteiger partial charge is 0.462 e. The highest BCUT2D eigenvalue weighted by Crippen LogP contribution is 2.67. The number of aliphatic hydroxyl groups is 2. The van der Waals surface area contributed by atoms with Gasteiger partial charge >= 0.3 is 5.97 Å². The number of carbonyl (C=O) groups excluding carboxylic acids is 2. The van der Waals surface area contributed by atoms with Gasteiger partial charge < -0.3 is 14.9 Å². The first-order chi connectivity index (χ1) is 21.0. The molecule has 5 unspecified atom stereocenters. The van der Waals surface area contributed by atoms with Gasteiger partial charge in [0.2, 0.25) is 0 Å². The number of ether oxygens (including phenoxy) is 1. The maximum absolute atomic E-state index is 13.8. The second-order valence-electron chi connectivity index (χ2n) is 13.7. The summed E-state index contributed by atoms with van der Waals surface area (Å²) in [6, 6.07) is 6.33. The van der Waals surface area contributed by atoms with Crippen LogP contribution in [0.2, 0.25) is 0 Å². The molecule has 9 nitrogen and oxygen atoms in total. The van der Waals surface area contributed by atoms with Crippen LogP contribution in [0, 0.1) is 34.4 Å². The lowest BCUT2D eigenvalue weighted by Crippen LogP contribution is -2.62. The predicted molar refractivity (Wildman–Crippen MR) is 159 cm³/mol. The lowest BCUT2D eigenvalue weighted by molar-refractivity contribution is -0.180. The third-order valence-corrected chi connectivity index (χ3v) is 11.6. The highest BCUT2D eigenvalue weighted by Gasteiger charge is 2.68. The molecule has 4 aliphatic carbocycles. The predicted octanol–water partition coefficient (Wildman–Crippen LogP) is 4.54. The molecule has 3 aromatic rings. The lowest BCUT2D eigenvalue weighted by atomic mass is 9.45. The van der Waals surface area contributed by atoms with Crippen molar-refractivity contribution in [1.82, 2.24) is 19.6 Å². The summed E-state index contributed by atoms with van der Waals surface area (Å²) in [5, 5.41) is 32.8. The van der Waals surface area contributed by atoms with Crippen LogP contribution >= 0.6 is 0 Å². The summed E-state index contributed by atoms with van der Waals surface area (Å²) in [5.41, 5.74) is 1.78. The summed E-state index contributed by atoms with van der Waals surface area (Å²) >= 11 is 0. The Bertz CT molecular complexity index is 1660. The molecule has 7 atom stereocenters. The summed E-state index contributed by atoms with van der Waals surface area (Å²) in [7, 11) is 0. The van der Waals surface area contributed by atoms with Crippen molar-refractivity contribution in [2.24, 2.45) is 28.6 Å². The topological polar surface area (TPSA) is 119 Å². The van der Waals surface area contributed by atoms with Crippen molar-refractivity contribution in [3.8, 4) is 5.69 Å². The summed E-state index contributed by atoms with van der Waals surface area (Å²) < 4.78 is 21.9. The zero-order valence-corrected chi connectivity index (χ0v) is 25.4. The van der Waals surface area contributed by atoms with E-state index >= 15 is 0 Å². The average Bonchev–Trinajstić information content (AvgIpc) is 3.68. The number of esters is 1. The smallest absolute Gasteiger partial charge is 0.341 e. The van der Waals surface area contributed by atoms with Crippen LogP contribution in [-0.2, 0) is 22.5 Å². The molecule has 3 fully saturated rings. The molecular formula is C34H39FN4O5. The van der Waals surface area contributed by atoms with Gasteiger partial charge in [0.1, 0.15) is 18.0 Å². The van der Waals surface area contributed by atoms with E-state index in [1.165, 1.54) is 34.8 Å². The van der Waals surface area contributed by atoms with Gasteiger partial charge in [-0.05, 0) is 105 Å². The molecular weight excluding hydrogens is 563 g/mol. The number of nitrogens with zero attached hydrogens (tertiary/aromatic N) is 4. The molecule has 0 bridgehead atoms. The van der Waals surface area contributed by atoms with Gasteiger partial charge in [-0.15, -0.1) is 0 Å². The van der Waals surface area contributed by atoms with Crippen molar-refractivity contribution >= 4 is 17.8 Å². The number of allylic oxidation sites excluding steroid dienone is 1. The minimum Gasteiger partial charge on any atom is -0.462 e. The Morgan fingerprint density at radius 3 is 2.66 bits per heavy atom. The van der Waals surface area contributed by atoms with Crippen molar-refractivity contribution in [2.45, 2.75) is 77.5 Å². The van der Waals surface area contributed by atoms with Gasteiger partial charge in [-0.25, -0.2) is 13.9 Å². The van der Waals surface area contributed by atoms with Crippen LogP contribution < -0.4 is 0 Å². The van der Waals surface area contributed by atoms with E-state index in [0.29, 0.717) is 19.3 Å². The first kappa shape index (κ1) is 29.1. The normalized spacial score (nSPS) is 33.9. The maximum atomic E-state index is 13.8. The van der Waals surface area contributed by atoms with Crippen molar-refractivity contribution in [1.29, 1.82) is 0 Å². The number of hydrogen-bond donors (Lipinski definition) is 2. The van der Waals surface area contributed by atoms with Gasteiger partial charge in [0.05, 0.1) is 42.0 Å². The fourth-order valence-corrected chi connectivity index (χ4v) is 9.48. The third kappa shape index (κ3) is 4.17. The first-order valence-electron chi connectivity index (χ1n) is 15.7. The van der Waals surface area contributed by atoms with E-state index in [2.05, 4.69) is 23.2 Å². The summed E-state index contributed by atoms with van der Waals surface area (Å²) in [5.74, 6) is -0.914. The number of fused-ring (bicyclic) bond motifs is 6. The molecule has 0 radical (unpaired) electrons. The van der Waals surface area contributed by atoms with Crippen LogP contribution in [0.25, 0.3) is 11.8 Å². The minimum absolute atomic E-state index is 0.0152. The summed E-state index contributed by atoms with van der Waals surface area (Å²) in [6.45, 7) is 6.04. The lowest BCUT2D eigenvalue weighted by Gasteiger charge is -2.60. The van der Waals surface area contributed by atoms with Crippen molar-refractivity contribution in [3.05, 3.63) is 71.1 Å². The number of carbonyl (C=O) groups is 2. The molecule has 0 saturated heterocycles. The van der Waals surface area contributed by atoms with Crippen LogP contribution in [0.5, 0.6) is 0 Å². The van der Waals surface area contributed by atoms with Crippen LogP contribution in [0.3, 0.4) is 0 Å². The summed E-state index contributed by atoms with van der Waals surface area (Å²) in [4.78, 5) is 25.9. The van der Waals surface area contributed by atoms with E-state index in [-0.39, 0.29) is 53.5 Å². The van der Waals surface area contributed by atoms with E-state index in [1.54, 1.807) is 19.1 Å². The highest BCUT2D eigenvalue weighted by molar-refractivity contribution is 5.90. The molecule has 0 aliphatic heterocycles. The fraction of sp³-hybridized carbons (Fsp3) is 0.529. The van der Waals surface area contributed by atoms with Gasteiger partial charge in [-0.3, -0.25) is 9.48 Å². The zero-order chi connectivity index (χ0) is 31.0. The molecule has 232 valence electrons. The Morgan fingerprint density at radius 2 is 1.91 bits per heavy atom. The Labute approximate surface area is 255 Å². The number of Topliss-reactive ketones (excluding diaryl/α,β-unsaturated/α-hetero) is 1. The SMILES string of the molecule is CCOC(=O)c1cnn(CC(=O)[C@@]2(O)CCC3C4CCC5=Cc6c(cnn6-c6ccc(F)cc6)CC5(C)C4[C@@H](O)CC32C)c1. The van der Waals surface area contributed by atoms with Gasteiger partial charge in [0, 0.05) is 11.6 Å². The number of hydrogen-bond acceptors (Lipinski definition) is 7. The van der Waals surface area contributed by atoms with Gasteiger partial charge in [0.25, 0.3) is 0 Å². The van der Waals surface area contributed by atoms with Crippen LogP contribution in [-0.4, -0.2) is 59.8 Å². The number of aliphatic hydroxyl groups excluding tert-OH is 1. The molecule has 3 saturated carbocycles. The quantitative estimate of drug-likeness (QED) is 0.398. The molecule has 10 heteroatoms. The molecule has 7 rings (SSSR count). The zero-order valence-electron chi connectivity index (χ0n) is 25.4. The molecule has 2 N–H and O–H groups in total. The molecule has 0 amide bonds. The Kier molecular flexibility index (Phi) is 6.75. The highest BCUT2D eigenvalue weighted by atomic mass is 19.1. The van der Waals surface area contributed by atoms with Crippen LogP contribution in [0.4, 0.5) is 4.39 Å². The Balaban J connectivity index is 1.14. The van der Waals surface area contributed by atoms with Crippen LogP contribution in [0.1, 0.15) is 74.5 Å². The van der Waals surface area contributed by atoms with E-state index < -0.39 is 23.1 Å². The maximum Gasteiger partial charge on any atom is 0.341 e. The van der Waals surface area contributed by atoms with E-state index in [1.807, 2.05) is 17.8 Å². The number of benzene rings is 1. The van der Waals surface area contributed by atoms with Crippen LogP contribution in [0.15, 0.2) is 48.4 Å². The standard InChI is InChI=1S/C34H39FN4O5/c1-4-44-31(42)21-17-36-38(18-21)19-29(41)34(43)12-11-26-25-10-5-22-13-27-20(16-37-39(27)24-8-6-23(35)7-9-24)14-32(22,2)30(25)28(40)15-33(26,34)3/h6-9,13,16-18,25-26,28,30,40,43H,4-5,10-12,14-15,19H2,1-3H3/t25?,26?,28-,30?,32?,33?,34-/m0/s1. The van der Waals surface area contributed by atoms with E-state index in [9.17, 15) is 24.2 Å². The number of rotatable bonds is 6. The number of halogens is 1. The third-order valence-electron chi connectivity index (χ3n) is 11.6. The number of ketones is 1. The molecule has 1 aromatic carbocycles. The second-order valence-corrected chi connectivity index (χ2v) is 13.7. The summed E-state index contributed by atoms with van der Waals surface area (Å²) in [6.07, 6.45) is 10.1. The molecule has 0 spiro atoms. The van der Waals surface area contributed by atoms with Crippen molar-refractivity contribution < 1.29 is 28.9 Å². The molecule has 44 heavy (non-hydrogen) atoms. The molecule has 2 aromatic heterocycles. The average molecular weight is 603 g/mol. The Morgan fingerprint density at radius 1 is 1.14 bits per heavy atom. The van der Waals surface area contributed by atoms with E-state index in [0.717, 1.165) is 36.2 Å². The van der Waals surface area contributed by atoms with Gasteiger partial charge in [-0.2, -0.15) is 10.2 Å². The van der Waals surface area contributed by atoms with Crippen molar-refractivity contribution in [2.75, 3.05) is 6.61 Å². The first-order valence-corrected chi connectivity index (χ1v) is 15.7. The minimum atomic E-state index is -1.60. The van der Waals surface area contributed by atoms with E-state index in [4.69, 9.17) is 4.74 Å².